The SMILES string of the molecule is C=C(C)C(=O)OCCOC(=O)/C=C(/C)O.[Ir].[c-]1ccccc1-c1nccc2ccccc12.[c-]1ccccc1-c1nccc2ccccc12. The van der Waals surface area contributed by atoms with Crippen LogP contribution in [0, 0.1) is 12.1 Å². The summed E-state index contributed by atoms with van der Waals surface area (Å²) in [5.74, 6) is -1.35. The van der Waals surface area contributed by atoms with Crippen LogP contribution in [0.25, 0.3) is 44.1 Å². The first kappa shape index (κ1) is 37.0. The number of pyridine rings is 2. The maximum absolute atomic E-state index is 10.9. The molecule has 6 aromatic rings. The summed E-state index contributed by atoms with van der Waals surface area (Å²) < 4.78 is 9.26. The number of esters is 2. The van der Waals surface area contributed by atoms with Crippen LogP contribution in [0.5, 0.6) is 0 Å². The van der Waals surface area contributed by atoms with Crippen molar-refractivity contribution in [1.82, 2.24) is 9.97 Å². The molecule has 48 heavy (non-hydrogen) atoms. The Bertz CT molecular complexity index is 1850. The zero-order valence-corrected chi connectivity index (χ0v) is 28.9. The van der Waals surface area contributed by atoms with Gasteiger partial charge < -0.3 is 24.5 Å². The van der Waals surface area contributed by atoms with Crippen molar-refractivity contribution in [2.24, 2.45) is 0 Å². The van der Waals surface area contributed by atoms with E-state index < -0.39 is 11.9 Å². The molecule has 245 valence electrons. The van der Waals surface area contributed by atoms with Gasteiger partial charge in [0.15, 0.2) is 0 Å². The molecular formula is C40H34IrN2O5-2. The molecule has 6 rings (SSSR count). The minimum atomic E-state index is -0.679. The van der Waals surface area contributed by atoms with E-state index in [4.69, 9.17) is 5.11 Å². The number of carbonyl (C=O) groups excluding carboxylic acids is 2. The molecule has 0 amide bonds. The van der Waals surface area contributed by atoms with Crippen molar-refractivity contribution >= 4 is 33.5 Å². The predicted octanol–water partition coefficient (Wildman–Crippen LogP) is 8.51. The van der Waals surface area contributed by atoms with Gasteiger partial charge in [-0.25, -0.2) is 9.59 Å². The Balaban J connectivity index is 0.000000194. The summed E-state index contributed by atoms with van der Waals surface area (Å²) in [5.41, 5.74) is 4.36. The number of hydrogen-bond acceptors (Lipinski definition) is 7. The first-order chi connectivity index (χ1) is 22.8. The third-order valence-corrected chi connectivity index (χ3v) is 6.51. The quantitative estimate of drug-likeness (QED) is 0.0568. The van der Waals surface area contributed by atoms with E-state index >= 15 is 0 Å². The summed E-state index contributed by atoms with van der Waals surface area (Å²) in [6, 6.07) is 42.9. The molecule has 0 bridgehead atoms. The van der Waals surface area contributed by atoms with Crippen LogP contribution in [0.4, 0.5) is 0 Å². The Hall–Kier alpha value is -5.43. The summed E-state index contributed by atoms with van der Waals surface area (Å²) in [6.45, 7) is 6.17. The number of aliphatic hydroxyl groups is 1. The molecule has 0 unspecified atom stereocenters. The molecule has 2 heterocycles. The fraction of sp³-hybridized carbons (Fsp3) is 0.100. The minimum Gasteiger partial charge on any atom is -0.512 e. The number of nitrogens with zero attached hydrogens (tertiary/aromatic N) is 2. The molecule has 0 aliphatic heterocycles. The van der Waals surface area contributed by atoms with E-state index in [9.17, 15) is 9.59 Å². The Labute approximate surface area is 294 Å². The Morgan fingerprint density at radius 2 is 1.17 bits per heavy atom. The van der Waals surface area contributed by atoms with Crippen LogP contribution in [0.2, 0.25) is 0 Å². The fourth-order valence-electron chi connectivity index (χ4n) is 4.36. The van der Waals surface area contributed by atoms with Gasteiger partial charge in [-0.3, -0.25) is 0 Å². The van der Waals surface area contributed by atoms with Gasteiger partial charge in [-0.05, 0) is 58.9 Å². The normalized spacial score (nSPS) is 10.3. The van der Waals surface area contributed by atoms with Crippen LogP contribution in [0.3, 0.4) is 0 Å². The second kappa shape index (κ2) is 19.3. The van der Waals surface area contributed by atoms with E-state index in [-0.39, 0.29) is 44.7 Å². The van der Waals surface area contributed by atoms with Gasteiger partial charge in [-0.1, -0.05) is 55.1 Å². The Kier molecular flexibility index (Phi) is 14.9. The van der Waals surface area contributed by atoms with Crippen LogP contribution in [-0.2, 0) is 39.2 Å². The van der Waals surface area contributed by atoms with Crippen molar-refractivity contribution in [3.05, 3.63) is 158 Å². The zero-order chi connectivity index (χ0) is 33.4. The first-order valence-corrected chi connectivity index (χ1v) is 14.8. The number of aliphatic hydroxyl groups excluding tert-OH is 1. The molecule has 8 heteroatoms. The molecule has 0 saturated heterocycles. The van der Waals surface area contributed by atoms with Gasteiger partial charge in [0.25, 0.3) is 0 Å². The van der Waals surface area contributed by atoms with Gasteiger partial charge in [0.05, 0.1) is 11.8 Å². The summed E-state index contributed by atoms with van der Waals surface area (Å²) in [5, 5.41) is 13.5. The first-order valence-electron chi connectivity index (χ1n) is 14.8. The van der Waals surface area contributed by atoms with Crippen molar-refractivity contribution in [3.63, 3.8) is 0 Å². The van der Waals surface area contributed by atoms with E-state index in [0.29, 0.717) is 0 Å². The van der Waals surface area contributed by atoms with Crippen LogP contribution >= 0.6 is 0 Å². The maximum Gasteiger partial charge on any atom is 0.334 e. The maximum atomic E-state index is 10.9. The molecule has 0 spiro atoms. The number of benzene rings is 4. The van der Waals surface area contributed by atoms with Crippen LogP contribution in [0.15, 0.2) is 146 Å². The molecule has 0 saturated carbocycles. The van der Waals surface area contributed by atoms with Crippen molar-refractivity contribution in [2.45, 2.75) is 13.8 Å². The van der Waals surface area contributed by atoms with Crippen molar-refractivity contribution < 1.29 is 44.3 Å². The second-order valence-corrected chi connectivity index (χ2v) is 10.2. The summed E-state index contributed by atoms with van der Waals surface area (Å²) >= 11 is 0. The average molecular weight is 815 g/mol. The molecule has 2 aromatic heterocycles. The van der Waals surface area contributed by atoms with Crippen LogP contribution in [0.1, 0.15) is 13.8 Å². The molecule has 0 aliphatic rings. The van der Waals surface area contributed by atoms with E-state index in [0.717, 1.165) is 28.6 Å². The standard InChI is InChI=1S/2C15H10N.C10H14O5.Ir/c2*1-2-7-13(8-3-1)15-14-9-5-4-6-12(14)10-11-16-15;1-7(2)10(13)15-5-4-14-9(12)6-8(3)11;/h2*1-7,9-11H;6,11H,1,4-5H2,2-3H3;/q2*-1;;/b;;8-6-;. The predicted molar refractivity (Wildman–Crippen MR) is 185 cm³/mol. The number of fused-ring (bicyclic) bond motifs is 2. The molecule has 0 aliphatic carbocycles. The molecular weight excluding hydrogens is 781 g/mol. The Morgan fingerprint density at radius 1 is 0.708 bits per heavy atom. The van der Waals surface area contributed by atoms with E-state index in [2.05, 4.69) is 62.4 Å². The smallest absolute Gasteiger partial charge is 0.334 e. The number of hydrogen-bond donors (Lipinski definition) is 1. The van der Waals surface area contributed by atoms with Gasteiger partial charge in [0, 0.05) is 38.1 Å². The minimum absolute atomic E-state index is 0. The van der Waals surface area contributed by atoms with Gasteiger partial charge in [-0.2, -0.15) is 0 Å². The van der Waals surface area contributed by atoms with Gasteiger partial charge in [0.2, 0.25) is 0 Å². The average Bonchev–Trinajstić information content (AvgIpc) is 3.10. The monoisotopic (exact) mass is 815 g/mol. The molecule has 4 aromatic carbocycles. The summed E-state index contributed by atoms with van der Waals surface area (Å²) in [7, 11) is 0. The number of allylic oxidation sites excluding steroid dienone is 1. The van der Waals surface area contributed by atoms with Gasteiger partial charge in [0.1, 0.15) is 13.2 Å². The number of rotatable bonds is 7. The largest absolute Gasteiger partial charge is 0.512 e. The van der Waals surface area contributed by atoms with E-state index in [1.807, 2.05) is 97.3 Å². The zero-order valence-electron chi connectivity index (χ0n) is 26.6. The van der Waals surface area contributed by atoms with Crippen LogP contribution < -0.4 is 0 Å². The molecule has 7 nitrogen and oxygen atoms in total. The van der Waals surface area contributed by atoms with E-state index in [1.54, 1.807) is 0 Å². The van der Waals surface area contributed by atoms with Gasteiger partial charge >= 0.3 is 11.9 Å². The Morgan fingerprint density at radius 3 is 1.60 bits per heavy atom. The summed E-state index contributed by atoms with van der Waals surface area (Å²) in [4.78, 5) is 30.6. The number of carbonyl (C=O) groups is 2. The fourth-order valence-corrected chi connectivity index (χ4v) is 4.36. The van der Waals surface area contributed by atoms with Crippen molar-refractivity contribution in [3.8, 4) is 22.5 Å². The second-order valence-electron chi connectivity index (χ2n) is 10.2. The number of aromatic nitrogens is 2. The third-order valence-electron chi connectivity index (χ3n) is 6.51. The topological polar surface area (TPSA) is 98.6 Å². The molecule has 1 radical (unpaired) electrons. The molecule has 0 fully saturated rings. The number of ether oxygens (including phenoxy) is 2. The van der Waals surface area contributed by atoms with Crippen molar-refractivity contribution in [1.29, 1.82) is 0 Å². The molecule has 0 atom stereocenters. The van der Waals surface area contributed by atoms with Crippen molar-refractivity contribution in [2.75, 3.05) is 13.2 Å². The summed E-state index contributed by atoms with van der Waals surface area (Å²) in [6.07, 6.45) is 4.62. The van der Waals surface area contributed by atoms with Gasteiger partial charge in [-0.15, -0.1) is 71.8 Å². The van der Waals surface area contributed by atoms with Crippen LogP contribution in [-0.4, -0.2) is 40.2 Å². The molecule has 1 N–H and O–H groups in total. The van der Waals surface area contributed by atoms with E-state index in [1.165, 1.54) is 35.4 Å². The third kappa shape index (κ3) is 11.1.